The van der Waals surface area contributed by atoms with Crippen molar-refractivity contribution >= 4 is 38.9 Å². The van der Waals surface area contributed by atoms with Gasteiger partial charge in [0.1, 0.15) is 12.4 Å². The van der Waals surface area contributed by atoms with Crippen LogP contribution in [-0.2, 0) is 13.2 Å². The van der Waals surface area contributed by atoms with Crippen molar-refractivity contribution in [3.05, 3.63) is 97.5 Å². The highest BCUT2D eigenvalue weighted by Crippen LogP contribution is 2.26. The molecule has 3 aromatic carbocycles. The highest BCUT2D eigenvalue weighted by atomic mass is 79.9. The van der Waals surface area contributed by atoms with E-state index in [2.05, 4.69) is 21.2 Å². The van der Waals surface area contributed by atoms with Crippen LogP contribution in [0.5, 0.6) is 5.75 Å². The number of rotatable bonds is 7. The Morgan fingerprint density at radius 1 is 1.07 bits per heavy atom. The number of non-ortho nitro benzene ring substituents is 1. The van der Waals surface area contributed by atoms with Crippen LogP contribution >= 0.6 is 27.5 Å². The van der Waals surface area contributed by atoms with Gasteiger partial charge in [-0.1, -0.05) is 39.7 Å². The Morgan fingerprint density at radius 3 is 2.56 bits per heavy atom. The van der Waals surface area contributed by atoms with Gasteiger partial charge in [0.15, 0.2) is 0 Å². The summed E-state index contributed by atoms with van der Waals surface area (Å²) in [4.78, 5) is 10.3. The summed E-state index contributed by atoms with van der Waals surface area (Å²) >= 11 is 9.49. The van der Waals surface area contributed by atoms with Crippen molar-refractivity contribution in [2.45, 2.75) is 13.2 Å². The second-order valence-electron chi connectivity index (χ2n) is 5.83. The standard InChI is InChI=1S/C20H16BrClN2O3/c21-16-4-9-20(27-13-14-2-1-3-17(22)10-14)15(11-16)12-23-18-5-7-19(8-6-18)24(25)26/h1-11,23H,12-13H2. The van der Waals surface area contributed by atoms with Gasteiger partial charge in [-0.25, -0.2) is 0 Å². The molecule has 27 heavy (non-hydrogen) atoms. The van der Waals surface area contributed by atoms with E-state index in [1.54, 1.807) is 12.1 Å². The quantitative estimate of drug-likeness (QED) is 0.346. The Balaban J connectivity index is 1.69. The van der Waals surface area contributed by atoms with Crippen molar-refractivity contribution in [3.8, 4) is 5.75 Å². The molecule has 0 bridgehead atoms. The van der Waals surface area contributed by atoms with Crippen molar-refractivity contribution in [2.75, 3.05) is 5.32 Å². The summed E-state index contributed by atoms with van der Waals surface area (Å²) in [6.45, 7) is 0.925. The van der Waals surface area contributed by atoms with Crippen LogP contribution in [-0.4, -0.2) is 4.92 Å². The first-order valence-electron chi connectivity index (χ1n) is 8.15. The molecule has 0 aliphatic carbocycles. The first-order valence-corrected chi connectivity index (χ1v) is 9.32. The maximum absolute atomic E-state index is 10.7. The van der Waals surface area contributed by atoms with Gasteiger partial charge in [0, 0.05) is 39.4 Å². The number of ether oxygens (including phenoxy) is 1. The summed E-state index contributed by atoms with van der Waals surface area (Å²) in [5, 5.41) is 14.7. The minimum absolute atomic E-state index is 0.0635. The third kappa shape index (κ3) is 5.45. The van der Waals surface area contributed by atoms with Crippen molar-refractivity contribution in [1.82, 2.24) is 0 Å². The molecule has 1 N–H and O–H groups in total. The molecular formula is C20H16BrClN2O3. The normalized spacial score (nSPS) is 10.4. The fourth-order valence-corrected chi connectivity index (χ4v) is 3.13. The summed E-state index contributed by atoms with van der Waals surface area (Å²) in [5.41, 5.74) is 2.80. The number of anilines is 1. The highest BCUT2D eigenvalue weighted by molar-refractivity contribution is 9.10. The van der Waals surface area contributed by atoms with Gasteiger partial charge in [-0.05, 0) is 48.0 Å². The first kappa shape index (κ1) is 19.2. The van der Waals surface area contributed by atoms with Crippen LogP contribution in [0.15, 0.2) is 71.2 Å². The lowest BCUT2D eigenvalue weighted by Gasteiger charge is -2.14. The van der Waals surface area contributed by atoms with Crippen molar-refractivity contribution < 1.29 is 9.66 Å². The SMILES string of the molecule is O=[N+]([O-])c1ccc(NCc2cc(Br)ccc2OCc2cccc(Cl)c2)cc1. The Bertz CT molecular complexity index is 948. The highest BCUT2D eigenvalue weighted by Gasteiger charge is 2.08. The molecule has 7 heteroatoms. The molecule has 0 saturated heterocycles. The summed E-state index contributed by atoms with van der Waals surface area (Å²) < 4.78 is 6.91. The molecule has 0 fully saturated rings. The van der Waals surface area contributed by atoms with Gasteiger partial charge in [0.25, 0.3) is 5.69 Å². The number of nitrogens with zero attached hydrogens (tertiary/aromatic N) is 1. The monoisotopic (exact) mass is 446 g/mol. The Hall–Kier alpha value is -2.57. The van der Waals surface area contributed by atoms with E-state index in [1.165, 1.54) is 12.1 Å². The minimum Gasteiger partial charge on any atom is -0.489 e. The molecule has 0 atom stereocenters. The number of halogens is 2. The van der Waals surface area contributed by atoms with E-state index in [-0.39, 0.29) is 5.69 Å². The number of nitro benzene ring substituents is 1. The smallest absolute Gasteiger partial charge is 0.269 e. The van der Waals surface area contributed by atoms with Crippen LogP contribution in [0, 0.1) is 10.1 Å². The second kappa shape index (κ2) is 8.88. The lowest BCUT2D eigenvalue weighted by molar-refractivity contribution is -0.384. The van der Waals surface area contributed by atoms with Crippen LogP contribution in [0.2, 0.25) is 5.02 Å². The molecule has 0 heterocycles. The Kier molecular flexibility index (Phi) is 6.32. The maximum Gasteiger partial charge on any atom is 0.269 e. The van der Waals surface area contributed by atoms with Crippen molar-refractivity contribution in [2.24, 2.45) is 0 Å². The average Bonchev–Trinajstić information content (AvgIpc) is 2.66. The van der Waals surface area contributed by atoms with E-state index < -0.39 is 4.92 Å². The van der Waals surface area contributed by atoms with Gasteiger partial charge < -0.3 is 10.1 Å². The Morgan fingerprint density at radius 2 is 1.85 bits per heavy atom. The molecule has 0 saturated carbocycles. The molecule has 0 amide bonds. The summed E-state index contributed by atoms with van der Waals surface area (Å²) in [6, 6.07) is 19.7. The van der Waals surface area contributed by atoms with Crippen LogP contribution in [0.4, 0.5) is 11.4 Å². The number of benzene rings is 3. The Labute approximate surface area is 170 Å². The van der Waals surface area contributed by atoms with Crippen LogP contribution in [0.3, 0.4) is 0 Å². The van der Waals surface area contributed by atoms with Crippen LogP contribution in [0.1, 0.15) is 11.1 Å². The van der Waals surface area contributed by atoms with Gasteiger partial charge in [0.05, 0.1) is 4.92 Å². The minimum atomic E-state index is -0.417. The van der Waals surface area contributed by atoms with Crippen molar-refractivity contribution in [3.63, 3.8) is 0 Å². The molecule has 0 aromatic heterocycles. The van der Waals surface area contributed by atoms with E-state index in [9.17, 15) is 10.1 Å². The van der Waals surface area contributed by atoms with E-state index in [0.29, 0.717) is 18.2 Å². The molecule has 3 rings (SSSR count). The molecule has 5 nitrogen and oxygen atoms in total. The predicted molar refractivity (Wildman–Crippen MR) is 110 cm³/mol. The van der Waals surface area contributed by atoms with E-state index >= 15 is 0 Å². The number of hydrogen-bond donors (Lipinski definition) is 1. The summed E-state index contributed by atoms with van der Waals surface area (Å²) in [6.07, 6.45) is 0. The zero-order valence-corrected chi connectivity index (χ0v) is 16.5. The fourth-order valence-electron chi connectivity index (χ4n) is 2.51. The number of nitrogens with one attached hydrogen (secondary N) is 1. The van der Waals surface area contributed by atoms with Crippen molar-refractivity contribution in [1.29, 1.82) is 0 Å². The van der Waals surface area contributed by atoms with Crippen LogP contribution < -0.4 is 10.1 Å². The topological polar surface area (TPSA) is 64.4 Å². The average molecular weight is 448 g/mol. The number of nitro groups is 1. The van der Waals surface area contributed by atoms with E-state index in [4.69, 9.17) is 16.3 Å². The number of hydrogen-bond acceptors (Lipinski definition) is 4. The predicted octanol–water partition coefficient (Wildman–Crippen LogP) is 6.20. The molecule has 0 radical (unpaired) electrons. The second-order valence-corrected chi connectivity index (χ2v) is 7.18. The molecule has 3 aromatic rings. The summed E-state index contributed by atoms with van der Waals surface area (Å²) in [7, 11) is 0. The van der Waals surface area contributed by atoms with Crippen LogP contribution in [0.25, 0.3) is 0 Å². The largest absolute Gasteiger partial charge is 0.489 e. The molecule has 138 valence electrons. The molecular weight excluding hydrogens is 432 g/mol. The lowest BCUT2D eigenvalue weighted by atomic mass is 10.2. The third-order valence-corrected chi connectivity index (χ3v) is 4.60. The van der Waals surface area contributed by atoms with Gasteiger partial charge >= 0.3 is 0 Å². The maximum atomic E-state index is 10.7. The molecule has 0 aliphatic rings. The van der Waals surface area contributed by atoms with Gasteiger partial charge in [0.2, 0.25) is 0 Å². The fraction of sp³-hybridized carbons (Fsp3) is 0.100. The first-order chi connectivity index (χ1) is 13.0. The summed E-state index contributed by atoms with van der Waals surface area (Å²) in [5.74, 6) is 0.757. The van der Waals surface area contributed by atoms with Gasteiger partial charge in [-0.15, -0.1) is 0 Å². The van der Waals surface area contributed by atoms with Gasteiger partial charge in [-0.2, -0.15) is 0 Å². The zero-order chi connectivity index (χ0) is 19.2. The molecule has 0 aliphatic heterocycles. The van der Waals surface area contributed by atoms with Gasteiger partial charge in [-0.3, -0.25) is 10.1 Å². The third-order valence-electron chi connectivity index (χ3n) is 3.87. The zero-order valence-electron chi connectivity index (χ0n) is 14.2. The molecule has 0 unspecified atom stereocenters. The van der Waals surface area contributed by atoms with E-state index in [0.717, 1.165) is 27.0 Å². The molecule has 0 spiro atoms. The lowest BCUT2D eigenvalue weighted by Crippen LogP contribution is -2.04. The van der Waals surface area contributed by atoms with E-state index in [1.807, 2.05) is 42.5 Å².